The SMILES string of the molecule is CC(C)N1CCCC(CNC(=O)c2n[nH]c3c2CNCC3)C1. The number of aromatic amines is 1. The van der Waals surface area contributed by atoms with Crippen molar-refractivity contribution in [3.63, 3.8) is 0 Å². The van der Waals surface area contributed by atoms with Crippen molar-refractivity contribution in [3.8, 4) is 0 Å². The molecular weight excluding hydrogens is 278 g/mol. The molecule has 6 nitrogen and oxygen atoms in total. The molecule has 2 aliphatic rings. The first kappa shape index (κ1) is 15.5. The zero-order valence-electron chi connectivity index (χ0n) is 13.6. The number of aromatic nitrogens is 2. The monoisotopic (exact) mass is 305 g/mol. The predicted molar refractivity (Wildman–Crippen MR) is 85.8 cm³/mol. The molecule has 1 aromatic rings. The molecule has 3 heterocycles. The lowest BCUT2D eigenvalue weighted by Crippen LogP contribution is -2.44. The van der Waals surface area contributed by atoms with Crippen LogP contribution in [0.2, 0.25) is 0 Å². The second kappa shape index (κ2) is 6.79. The minimum Gasteiger partial charge on any atom is -0.350 e. The van der Waals surface area contributed by atoms with Crippen molar-refractivity contribution in [2.45, 2.75) is 45.7 Å². The Morgan fingerprint density at radius 3 is 3.18 bits per heavy atom. The van der Waals surface area contributed by atoms with Crippen molar-refractivity contribution in [1.82, 2.24) is 25.7 Å². The Labute approximate surface area is 132 Å². The van der Waals surface area contributed by atoms with Crippen LogP contribution in [0.15, 0.2) is 0 Å². The molecule has 6 heteroatoms. The molecule has 1 saturated heterocycles. The molecular formula is C16H27N5O. The number of hydrogen-bond donors (Lipinski definition) is 3. The van der Waals surface area contributed by atoms with Gasteiger partial charge in [0.15, 0.2) is 5.69 Å². The lowest BCUT2D eigenvalue weighted by molar-refractivity contribution is 0.0916. The van der Waals surface area contributed by atoms with Crippen molar-refractivity contribution in [1.29, 1.82) is 0 Å². The topological polar surface area (TPSA) is 73.0 Å². The highest BCUT2D eigenvalue weighted by molar-refractivity contribution is 5.94. The van der Waals surface area contributed by atoms with E-state index in [9.17, 15) is 4.79 Å². The molecule has 122 valence electrons. The van der Waals surface area contributed by atoms with Crippen molar-refractivity contribution < 1.29 is 4.79 Å². The Hall–Kier alpha value is -1.40. The summed E-state index contributed by atoms with van der Waals surface area (Å²) in [5.41, 5.74) is 2.71. The number of nitrogens with zero attached hydrogens (tertiary/aromatic N) is 2. The van der Waals surface area contributed by atoms with Gasteiger partial charge in [0.2, 0.25) is 0 Å². The Kier molecular flexibility index (Phi) is 4.78. The quantitative estimate of drug-likeness (QED) is 0.773. The molecule has 22 heavy (non-hydrogen) atoms. The van der Waals surface area contributed by atoms with Gasteiger partial charge in [-0.1, -0.05) is 0 Å². The Bertz CT molecular complexity index is 525. The Balaban J connectivity index is 1.55. The first-order valence-corrected chi connectivity index (χ1v) is 8.44. The number of fused-ring (bicyclic) bond motifs is 1. The highest BCUT2D eigenvalue weighted by Crippen LogP contribution is 2.18. The predicted octanol–water partition coefficient (Wildman–Crippen LogP) is 0.906. The number of piperidine rings is 1. The van der Waals surface area contributed by atoms with Crippen LogP contribution in [0.5, 0.6) is 0 Å². The number of likely N-dealkylation sites (tertiary alicyclic amines) is 1. The van der Waals surface area contributed by atoms with Crippen LogP contribution in [0.1, 0.15) is 48.4 Å². The maximum atomic E-state index is 12.4. The van der Waals surface area contributed by atoms with E-state index in [4.69, 9.17) is 0 Å². The standard InChI is InChI=1S/C16H27N5O/c1-11(2)21-7-3-4-12(10-21)8-18-16(22)15-13-9-17-6-5-14(13)19-20-15/h11-12,17H,3-10H2,1-2H3,(H,18,22)(H,19,20). The number of amides is 1. The van der Waals surface area contributed by atoms with E-state index in [2.05, 4.69) is 39.6 Å². The molecule has 1 aromatic heterocycles. The van der Waals surface area contributed by atoms with Gasteiger partial charge in [0.05, 0.1) is 0 Å². The van der Waals surface area contributed by atoms with Gasteiger partial charge >= 0.3 is 0 Å². The summed E-state index contributed by atoms with van der Waals surface area (Å²) in [4.78, 5) is 14.9. The molecule has 0 aliphatic carbocycles. The van der Waals surface area contributed by atoms with Gasteiger partial charge in [0.25, 0.3) is 5.91 Å². The van der Waals surface area contributed by atoms with Crippen LogP contribution in [0.3, 0.4) is 0 Å². The fourth-order valence-electron chi connectivity index (χ4n) is 3.47. The number of carbonyl (C=O) groups excluding carboxylic acids is 1. The summed E-state index contributed by atoms with van der Waals surface area (Å²) in [6.45, 7) is 9.17. The number of H-pyrrole nitrogens is 1. The fourth-order valence-corrected chi connectivity index (χ4v) is 3.47. The first-order valence-electron chi connectivity index (χ1n) is 8.44. The second-order valence-electron chi connectivity index (χ2n) is 6.76. The molecule has 0 radical (unpaired) electrons. The van der Waals surface area contributed by atoms with E-state index in [1.165, 1.54) is 19.4 Å². The van der Waals surface area contributed by atoms with Gasteiger partial charge in [-0.25, -0.2) is 0 Å². The van der Waals surface area contributed by atoms with Gasteiger partial charge in [-0.15, -0.1) is 0 Å². The summed E-state index contributed by atoms with van der Waals surface area (Å²) >= 11 is 0. The van der Waals surface area contributed by atoms with Crippen LogP contribution in [0.25, 0.3) is 0 Å². The minimum atomic E-state index is -0.0390. The maximum absolute atomic E-state index is 12.4. The molecule has 0 bridgehead atoms. The number of carbonyl (C=O) groups is 1. The normalized spacial score (nSPS) is 22.6. The maximum Gasteiger partial charge on any atom is 0.272 e. The van der Waals surface area contributed by atoms with E-state index in [1.807, 2.05) is 0 Å². The van der Waals surface area contributed by atoms with Gasteiger partial charge in [0.1, 0.15) is 0 Å². The Morgan fingerprint density at radius 2 is 2.36 bits per heavy atom. The summed E-state index contributed by atoms with van der Waals surface area (Å²) < 4.78 is 0. The molecule has 1 amide bonds. The summed E-state index contributed by atoms with van der Waals surface area (Å²) in [5.74, 6) is 0.510. The van der Waals surface area contributed by atoms with Crippen LogP contribution < -0.4 is 10.6 Å². The van der Waals surface area contributed by atoms with Gasteiger partial charge < -0.3 is 15.5 Å². The molecule has 1 atom stereocenters. The summed E-state index contributed by atoms with van der Waals surface area (Å²) in [7, 11) is 0. The van der Waals surface area contributed by atoms with Crippen LogP contribution in [0, 0.1) is 5.92 Å². The number of rotatable bonds is 4. The van der Waals surface area contributed by atoms with E-state index in [0.29, 0.717) is 17.7 Å². The third-order valence-electron chi connectivity index (χ3n) is 4.85. The molecule has 0 spiro atoms. The summed E-state index contributed by atoms with van der Waals surface area (Å²) in [6, 6.07) is 0.586. The van der Waals surface area contributed by atoms with Crippen molar-refractivity contribution in [2.75, 3.05) is 26.2 Å². The highest BCUT2D eigenvalue weighted by Gasteiger charge is 2.24. The smallest absolute Gasteiger partial charge is 0.272 e. The van der Waals surface area contributed by atoms with E-state index in [-0.39, 0.29) is 5.91 Å². The van der Waals surface area contributed by atoms with Crippen LogP contribution in [-0.2, 0) is 13.0 Å². The molecule has 0 saturated carbocycles. The first-order chi connectivity index (χ1) is 10.6. The third-order valence-corrected chi connectivity index (χ3v) is 4.85. The van der Waals surface area contributed by atoms with Gasteiger partial charge in [-0.05, 0) is 39.2 Å². The number of nitrogens with one attached hydrogen (secondary N) is 3. The van der Waals surface area contributed by atoms with E-state index in [0.717, 1.165) is 43.9 Å². The van der Waals surface area contributed by atoms with Crippen LogP contribution >= 0.6 is 0 Å². The van der Waals surface area contributed by atoms with Crippen LogP contribution in [-0.4, -0.2) is 53.2 Å². The molecule has 1 fully saturated rings. The van der Waals surface area contributed by atoms with Gasteiger partial charge in [-0.2, -0.15) is 5.10 Å². The van der Waals surface area contributed by atoms with Crippen molar-refractivity contribution >= 4 is 5.91 Å². The van der Waals surface area contributed by atoms with Crippen molar-refractivity contribution in [2.24, 2.45) is 5.92 Å². The molecule has 3 N–H and O–H groups in total. The second-order valence-corrected chi connectivity index (χ2v) is 6.76. The Morgan fingerprint density at radius 1 is 1.50 bits per heavy atom. The molecule has 2 aliphatic heterocycles. The van der Waals surface area contributed by atoms with E-state index >= 15 is 0 Å². The minimum absolute atomic E-state index is 0.0390. The molecule has 3 rings (SSSR count). The molecule has 1 unspecified atom stereocenters. The largest absolute Gasteiger partial charge is 0.350 e. The number of hydrogen-bond acceptors (Lipinski definition) is 4. The van der Waals surface area contributed by atoms with E-state index < -0.39 is 0 Å². The highest BCUT2D eigenvalue weighted by atomic mass is 16.1. The molecule has 0 aromatic carbocycles. The average Bonchev–Trinajstić information content (AvgIpc) is 2.97. The summed E-state index contributed by atoms with van der Waals surface area (Å²) in [6.07, 6.45) is 3.34. The lowest BCUT2D eigenvalue weighted by atomic mass is 9.97. The van der Waals surface area contributed by atoms with Gasteiger partial charge in [-0.3, -0.25) is 9.89 Å². The zero-order valence-corrected chi connectivity index (χ0v) is 13.6. The summed E-state index contributed by atoms with van der Waals surface area (Å²) in [5, 5.41) is 13.6. The fraction of sp³-hybridized carbons (Fsp3) is 0.750. The van der Waals surface area contributed by atoms with E-state index in [1.54, 1.807) is 0 Å². The van der Waals surface area contributed by atoms with Crippen LogP contribution in [0.4, 0.5) is 0 Å². The van der Waals surface area contributed by atoms with Crippen molar-refractivity contribution in [3.05, 3.63) is 17.0 Å². The average molecular weight is 305 g/mol. The van der Waals surface area contributed by atoms with Gasteiger partial charge in [0, 0.05) is 49.9 Å². The third kappa shape index (κ3) is 3.33. The lowest BCUT2D eigenvalue weighted by Gasteiger charge is -2.35. The zero-order chi connectivity index (χ0) is 15.5.